The highest BCUT2D eigenvalue weighted by molar-refractivity contribution is 5.79. The number of carbonyl (C=O) groups excluding carboxylic acids is 1. The van der Waals surface area contributed by atoms with Crippen molar-refractivity contribution in [2.45, 2.75) is 79.3 Å². The molecule has 28 heavy (non-hydrogen) atoms. The van der Waals surface area contributed by atoms with Crippen molar-refractivity contribution in [3.8, 4) is 0 Å². The van der Waals surface area contributed by atoms with Crippen molar-refractivity contribution in [1.29, 1.82) is 0 Å². The Kier molecular flexibility index (Phi) is 6.58. The zero-order valence-electron chi connectivity index (χ0n) is 18.2. The van der Waals surface area contributed by atoms with Crippen molar-refractivity contribution in [3.63, 3.8) is 0 Å². The Hall–Kier alpha value is -2.10. The molecule has 1 atom stereocenters. The molecule has 0 N–H and O–H groups in total. The number of rotatable bonds is 7. The average Bonchev–Trinajstić information content (AvgIpc) is 2.92. The predicted octanol–water partition coefficient (Wildman–Crippen LogP) is 4.49. The smallest absolute Gasteiger partial charge is 0.227 e. The number of nitrogens with zero attached hydrogens (tertiary/aromatic N) is 3. The molecule has 0 fully saturated rings. The number of aryl methyl sites for hydroxylation is 2. The molecular formula is C24H35N3O. The van der Waals surface area contributed by atoms with Gasteiger partial charge in [0.25, 0.3) is 0 Å². The maximum absolute atomic E-state index is 13.3. The lowest BCUT2D eigenvalue weighted by Gasteiger charge is -2.35. The van der Waals surface area contributed by atoms with E-state index in [0.717, 1.165) is 55.7 Å². The number of carbonyl (C=O) groups is 1. The minimum absolute atomic E-state index is 0.251. The van der Waals surface area contributed by atoms with Crippen molar-refractivity contribution >= 4 is 5.91 Å². The largest absolute Gasteiger partial charge is 0.339 e. The van der Waals surface area contributed by atoms with Crippen molar-refractivity contribution in [1.82, 2.24) is 14.7 Å². The van der Waals surface area contributed by atoms with Gasteiger partial charge in [-0.2, -0.15) is 5.10 Å². The third-order valence-electron chi connectivity index (χ3n) is 5.94. The van der Waals surface area contributed by atoms with Gasteiger partial charge in [-0.05, 0) is 56.6 Å². The molecule has 1 amide bonds. The van der Waals surface area contributed by atoms with Gasteiger partial charge in [0.05, 0.1) is 12.1 Å². The fourth-order valence-electron chi connectivity index (χ4n) is 4.46. The topological polar surface area (TPSA) is 38.1 Å². The first-order valence-electron chi connectivity index (χ1n) is 10.8. The number of amides is 1. The Labute approximate surface area is 169 Å². The average molecular weight is 382 g/mol. The first-order valence-corrected chi connectivity index (χ1v) is 10.8. The first kappa shape index (κ1) is 20.6. The fraction of sp³-hybridized carbons (Fsp3) is 0.583. The van der Waals surface area contributed by atoms with Crippen LogP contribution >= 0.6 is 0 Å². The molecule has 152 valence electrons. The van der Waals surface area contributed by atoms with Gasteiger partial charge in [-0.25, -0.2) is 0 Å². The molecule has 0 saturated carbocycles. The van der Waals surface area contributed by atoms with Crippen LogP contribution in [0, 0.1) is 19.8 Å². The second kappa shape index (κ2) is 8.93. The van der Waals surface area contributed by atoms with Crippen LogP contribution in [0.5, 0.6) is 0 Å². The van der Waals surface area contributed by atoms with Crippen molar-refractivity contribution < 1.29 is 4.79 Å². The monoisotopic (exact) mass is 381 g/mol. The van der Waals surface area contributed by atoms with Gasteiger partial charge in [0.2, 0.25) is 5.91 Å². The third-order valence-corrected chi connectivity index (χ3v) is 5.94. The van der Waals surface area contributed by atoms with Gasteiger partial charge in [0, 0.05) is 30.4 Å². The van der Waals surface area contributed by atoms with Gasteiger partial charge in [-0.3, -0.25) is 9.48 Å². The van der Waals surface area contributed by atoms with E-state index in [0.29, 0.717) is 18.4 Å². The molecule has 2 aromatic rings. The highest BCUT2D eigenvalue weighted by Gasteiger charge is 2.28. The number of hydrogen-bond donors (Lipinski definition) is 0. The van der Waals surface area contributed by atoms with Crippen LogP contribution in [0.3, 0.4) is 0 Å². The molecule has 0 radical (unpaired) electrons. The van der Waals surface area contributed by atoms with Crippen LogP contribution in [0.2, 0.25) is 0 Å². The summed E-state index contributed by atoms with van der Waals surface area (Å²) < 4.78 is 2.07. The molecule has 1 unspecified atom stereocenters. The van der Waals surface area contributed by atoms with E-state index >= 15 is 0 Å². The molecule has 0 spiro atoms. The van der Waals surface area contributed by atoms with Crippen molar-refractivity contribution in [3.05, 3.63) is 52.3 Å². The van der Waals surface area contributed by atoms with E-state index in [1.165, 1.54) is 11.1 Å². The van der Waals surface area contributed by atoms with E-state index in [1.54, 1.807) is 0 Å². The fourth-order valence-corrected chi connectivity index (χ4v) is 4.46. The van der Waals surface area contributed by atoms with E-state index in [9.17, 15) is 4.79 Å². The minimum atomic E-state index is 0.251. The lowest BCUT2D eigenvalue weighted by Crippen LogP contribution is -2.44. The van der Waals surface area contributed by atoms with Crippen molar-refractivity contribution in [2.24, 2.45) is 5.92 Å². The second-order valence-corrected chi connectivity index (χ2v) is 8.65. The standard InChI is InChI=1S/C24H35N3O/c1-6-13-26(22-12-11-20-9-7-8-10-21(20)14-22)24(28)15-23-18(4)25-27(19(23)5)16-17(2)3/h7-10,17,22H,6,11-16H2,1-5H3. The summed E-state index contributed by atoms with van der Waals surface area (Å²) in [5.41, 5.74) is 6.11. The van der Waals surface area contributed by atoms with E-state index in [4.69, 9.17) is 5.10 Å². The van der Waals surface area contributed by atoms with Crippen LogP contribution in [0.4, 0.5) is 0 Å². The molecule has 3 rings (SSSR count). The summed E-state index contributed by atoms with van der Waals surface area (Å²) in [6.07, 6.45) is 4.57. The van der Waals surface area contributed by atoms with Crippen LogP contribution in [0.25, 0.3) is 0 Å². The summed E-state index contributed by atoms with van der Waals surface area (Å²) in [6, 6.07) is 9.00. The van der Waals surface area contributed by atoms with Crippen LogP contribution < -0.4 is 0 Å². The maximum atomic E-state index is 13.3. The maximum Gasteiger partial charge on any atom is 0.227 e. The quantitative estimate of drug-likeness (QED) is 0.708. The zero-order chi connectivity index (χ0) is 20.3. The van der Waals surface area contributed by atoms with Crippen LogP contribution in [-0.4, -0.2) is 33.2 Å². The minimum Gasteiger partial charge on any atom is -0.339 e. The Morgan fingerprint density at radius 2 is 1.96 bits per heavy atom. The summed E-state index contributed by atoms with van der Waals surface area (Å²) in [6.45, 7) is 12.4. The Morgan fingerprint density at radius 1 is 1.25 bits per heavy atom. The Bertz CT molecular complexity index is 821. The lowest BCUT2D eigenvalue weighted by atomic mass is 9.87. The molecule has 4 heteroatoms. The first-order chi connectivity index (χ1) is 13.4. The molecule has 4 nitrogen and oxygen atoms in total. The Balaban J connectivity index is 1.77. The van der Waals surface area contributed by atoms with E-state index in [-0.39, 0.29) is 5.91 Å². The van der Waals surface area contributed by atoms with Gasteiger partial charge in [0.15, 0.2) is 0 Å². The van der Waals surface area contributed by atoms with E-state index < -0.39 is 0 Å². The van der Waals surface area contributed by atoms with Crippen LogP contribution in [-0.2, 0) is 30.6 Å². The van der Waals surface area contributed by atoms with Gasteiger partial charge in [-0.15, -0.1) is 0 Å². The molecule has 1 aromatic carbocycles. The summed E-state index contributed by atoms with van der Waals surface area (Å²) in [4.78, 5) is 15.5. The SMILES string of the molecule is CCCN(C(=O)Cc1c(C)nn(CC(C)C)c1C)C1CCc2ccccc2C1. The van der Waals surface area contributed by atoms with Gasteiger partial charge >= 0.3 is 0 Å². The number of aromatic nitrogens is 2. The van der Waals surface area contributed by atoms with E-state index in [2.05, 4.69) is 61.5 Å². The second-order valence-electron chi connectivity index (χ2n) is 8.65. The van der Waals surface area contributed by atoms with E-state index in [1.807, 2.05) is 6.92 Å². The summed E-state index contributed by atoms with van der Waals surface area (Å²) >= 11 is 0. The molecular weight excluding hydrogens is 346 g/mol. The molecule has 0 bridgehead atoms. The molecule has 1 aliphatic carbocycles. The third kappa shape index (κ3) is 4.48. The summed E-state index contributed by atoms with van der Waals surface area (Å²) in [7, 11) is 0. The zero-order valence-corrected chi connectivity index (χ0v) is 18.2. The van der Waals surface area contributed by atoms with Gasteiger partial charge < -0.3 is 4.90 Å². The molecule has 1 aromatic heterocycles. The molecule has 0 saturated heterocycles. The van der Waals surface area contributed by atoms with Crippen LogP contribution in [0.1, 0.15) is 61.7 Å². The Morgan fingerprint density at radius 3 is 2.64 bits per heavy atom. The van der Waals surface area contributed by atoms with Crippen molar-refractivity contribution in [2.75, 3.05) is 6.54 Å². The number of hydrogen-bond acceptors (Lipinski definition) is 2. The number of fused-ring (bicyclic) bond motifs is 1. The number of benzene rings is 1. The highest BCUT2D eigenvalue weighted by atomic mass is 16.2. The highest BCUT2D eigenvalue weighted by Crippen LogP contribution is 2.26. The lowest BCUT2D eigenvalue weighted by molar-refractivity contribution is -0.133. The van der Waals surface area contributed by atoms with Gasteiger partial charge in [0.1, 0.15) is 0 Å². The predicted molar refractivity (Wildman–Crippen MR) is 115 cm³/mol. The summed E-state index contributed by atoms with van der Waals surface area (Å²) in [5, 5.41) is 4.70. The normalized spacial score (nSPS) is 16.3. The van der Waals surface area contributed by atoms with Crippen LogP contribution in [0.15, 0.2) is 24.3 Å². The molecule has 0 aliphatic heterocycles. The molecule has 1 aliphatic rings. The van der Waals surface area contributed by atoms with Gasteiger partial charge in [-0.1, -0.05) is 45.0 Å². The summed E-state index contributed by atoms with van der Waals surface area (Å²) in [5.74, 6) is 0.793. The molecule has 1 heterocycles.